The highest BCUT2D eigenvalue weighted by Gasteiger charge is 2.52. The molecule has 23 rings (SSSR count). The zero-order valence-corrected chi connectivity index (χ0v) is 73.5. The Morgan fingerprint density at radius 3 is 0.789 bits per heavy atom. The van der Waals surface area contributed by atoms with Crippen LogP contribution in [0.1, 0.15) is 55.6 Å². The highest BCUT2D eigenvalue weighted by atomic mass is 28.3. The number of halogens is 4. The molecule has 0 saturated heterocycles. The molecule has 0 N–H and O–H groups in total. The van der Waals surface area contributed by atoms with Crippen LogP contribution >= 0.6 is 0 Å². The van der Waals surface area contributed by atoms with E-state index >= 15 is 8.78 Å². The molecule has 2 unspecified atom stereocenters. The van der Waals surface area contributed by atoms with E-state index in [1.807, 2.05) is 60.7 Å². The molecule has 0 aromatic heterocycles. The normalized spacial score (nSPS) is 14.5. The van der Waals surface area contributed by atoms with Crippen molar-refractivity contribution in [2.75, 3.05) is 9.80 Å². The van der Waals surface area contributed by atoms with Crippen LogP contribution in [-0.4, -0.2) is 8.07 Å². The fourth-order valence-corrected chi connectivity index (χ4v) is 26.7. The third-order valence-electron chi connectivity index (χ3n) is 27.8. The molecule has 20 aromatic rings. The molecule has 2 nitrogen and oxygen atoms in total. The standard InChI is InChI=1S/C126H84F4N2Si/c1-3-83-29-33-85(34-30-83)87-37-49-97(50-38-87)125(99-53-61-103(129)62-54-99)119-27-13-11-25-113(119)115-73-69-109(81-121(115)125)131(105-65-45-91(46-66-105)95-19-15-17-93(77-95)89-41-57-101(127)58-42-89)107-71-75-123-117(79-107)118-80-108(72-76-124(118)133(123,111-21-7-5-8-22-111)112-23-9-6-10-24-112)132(106-67-47-92(48-68-106)96-20-16-18-94(78-96)90-43-59-102(128)60-44-90)110-70-74-116-114-26-12-14-28-120(114)126(122(116)82-110,100-55-63-104(130)64-56-100)98-51-39-88(40-52-98)86-35-31-84(4-2)32-36-86/h3-82H,1-2H2. The van der Waals surface area contributed by atoms with Gasteiger partial charge in [0.05, 0.1) is 10.8 Å². The van der Waals surface area contributed by atoms with Crippen molar-refractivity contribution < 1.29 is 17.6 Å². The van der Waals surface area contributed by atoms with Crippen LogP contribution in [0.15, 0.2) is 486 Å². The van der Waals surface area contributed by atoms with Crippen molar-refractivity contribution >= 4 is 75.1 Å². The van der Waals surface area contributed by atoms with E-state index in [2.05, 4.69) is 399 Å². The van der Waals surface area contributed by atoms with Gasteiger partial charge in [0.25, 0.3) is 0 Å². The summed E-state index contributed by atoms with van der Waals surface area (Å²) in [6.07, 6.45) is 3.72. The van der Waals surface area contributed by atoms with E-state index in [0.717, 1.165) is 190 Å². The molecule has 20 aromatic carbocycles. The topological polar surface area (TPSA) is 6.48 Å². The van der Waals surface area contributed by atoms with Gasteiger partial charge in [-0.2, -0.15) is 0 Å². The Hall–Kier alpha value is -16.6. The molecule has 7 heteroatoms. The molecular formula is C126H84F4N2Si. The monoisotopic (exact) mass is 1730 g/mol. The molecule has 0 radical (unpaired) electrons. The quantitative estimate of drug-likeness (QED) is 0.0554. The van der Waals surface area contributed by atoms with Crippen molar-refractivity contribution in [2.45, 2.75) is 10.8 Å². The minimum absolute atomic E-state index is 0.286. The van der Waals surface area contributed by atoms with Gasteiger partial charge in [-0.1, -0.05) is 365 Å². The van der Waals surface area contributed by atoms with Crippen LogP contribution in [0.2, 0.25) is 0 Å². The SMILES string of the molecule is C=Cc1ccc(-c2ccc(C3(c4ccc(F)cc4)c4ccccc4-c4ccc(N(c5ccc(-c6cccc(-c7ccc(F)cc7)c6)cc5)c5ccc6c(c5)-c5cc(N(c7ccc(-c8cccc(-c9ccc(F)cc9)c8)cc7)c7ccc8c(c7)C(c7ccc(F)cc7)(c7ccc(-c9ccc(C=C)cc9)cc7)c7ccccc7-8)ccc5[Si]6(c5ccccc5)c5ccccc5)cc43)cc2)cc1. The maximum Gasteiger partial charge on any atom is 0.180 e. The minimum Gasteiger partial charge on any atom is -0.310 e. The molecule has 0 amide bonds. The van der Waals surface area contributed by atoms with Gasteiger partial charge < -0.3 is 9.80 Å². The predicted molar refractivity (Wildman–Crippen MR) is 546 cm³/mol. The molecule has 630 valence electrons. The molecule has 2 atom stereocenters. The zero-order chi connectivity index (χ0) is 89.5. The van der Waals surface area contributed by atoms with Crippen molar-refractivity contribution in [3.05, 3.63) is 565 Å². The number of benzene rings is 20. The van der Waals surface area contributed by atoms with Crippen molar-refractivity contribution in [3.8, 4) is 100 Å². The first kappa shape index (κ1) is 80.9. The van der Waals surface area contributed by atoms with E-state index in [0.29, 0.717) is 0 Å². The molecule has 0 spiro atoms. The molecule has 0 bridgehead atoms. The largest absolute Gasteiger partial charge is 0.310 e. The fourth-order valence-electron chi connectivity index (χ4n) is 21.5. The van der Waals surface area contributed by atoms with Gasteiger partial charge in [-0.05, 0) is 310 Å². The number of hydrogen-bond acceptors (Lipinski definition) is 2. The summed E-state index contributed by atoms with van der Waals surface area (Å²) in [7, 11) is -3.31. The Kier molecular flexibility index (Phi) is 20.2. The minimum atomic E-state index is -3.31. The summed E-state index contributed by atoms with van der Waals surface area (Å²) in [4.78, 5) is 4.83. The number of fused-ring (bicyclic) bond motifs is 9. The Balaban J connectivity index is 0.748. The van der Waals surface area contributed by atoms with Crippen LogP contribution in [-0.2, 0) is 10.8 Å². The molecule has 2 aliphatic carbocycles. The summed E-state index contributed by atoms with van der Waals surface area (Å²) in [6, 6.07) is 165. The van der Waals surface area contributed by atoms with Gasteiger partial charge in [0.1, 0.15) is 23.3 Å². The van der Waals surface area contributed by atoms with Crippen molar-refractivity contribution in [1.82, 2.24) is 0 Å². The van der Waals surface area contributed by atoms with Crippen molar-refractivity contribution in [1.29, 1.82) is 0 Å². The van der Waals surface area contributed by atoms with Gasteiger partial charge in [-0.15, -0.1) is 0 Å². The van der Waals surface area contributed by atoms with Crippen LogP contribution in [0.5, 0.6) is 0 Å². The molecule has 0 fully saturated rings. The summed E-state index contributed by atoms with van der Waals surface area (Å²) < 4.78 is 60.6. The van der Waals surface area contributed by atoms with Crippen LogP contribution in [0.3, 0.4) is 0 Å². The van der Waals surface area contributed by atoms with Gasteiger partial charge >= 0.3 is 0 Å². The van der Waals surface area contributed by atoms with E-state index in [1.165, 1.54) is 45.0 Å². The van der Waals surface area contributed by atoms with Gasteiger partial charge in [0, 0.05) is 34.1 Å². The lowest BCUT2D eigenvalue weighted by Crippen LogP contribution is -2.72. The number of rotatable bonds is 20. The predicted octanol–water partition coefficient (Wildman–Crippen LogP) is 30.6. The maximum absolute atomic E-state index is 15.8. The van der Waals surface area contributed by atoms with E-state index in [1.54, 1.807) is 24.3 Å². The van der Waals surface area contributed by atoms with E-state index < -0.39 is 18.9 Å². The number of nitrogens with zero attached hydrogens (tertiary/aromatic N) is 2. The van der Waals surface area contributed by atoms with Gasteiger partial charge in [-0.3, -0.25) is 0 Å². The molecule has 1 heterocycles. The lowest BCUT2D eigenvalue weighted by atomic mass is 9.67. The van der Waals surface area contributed by atoms with Gasteiger partial charge in [-0.25, -0.2) is 17.6 Å². The van der Waals surface area contributed by atoms with Crippen LogP contribution in [0.4, 0.5) is 51.7 Å². The smallest absolute Gasteiger partial charge is 0.180 e. The first-order valence-electron chi connectivity index (χ1n) is 45.0. The van der Waals surface area contributed by atoms with Crippen LogP contribution in [0, 0.1) is 23.3 Å². The lowest BCUT2D eigenvalue weighted by Gasteiger charge is -2.35. The number of anilines is 6. The van der Waals surface area contributed by atoms with Gasteiger partial charge in [0.15, 0.2) is 8.07 Å². The second kappa shape index (κ2) is 33.2. The van der Waals surface area contributed by atoms with E-state index in [-0.39, 0.29) is 23.3 Å². The second-order valence-electron chi connectivity index (χ2n) is 34.8. The summed E-state index contributed by atoms with van der Waals surface area (Å²) in [6.45, 7) is 8.06. The third-order valence-corrected chi connectivity index (χ3v) is 32.6. The Morgan fingerprint density at radius 2 is 0.451 bits per heavy atom. The Labute approximate surface area is 773 Å². The average molecular weight is 1730 g/mol. The summed E-state index contributed by atoms with van der Waals surface area (Å²) >= 11 is 0. The van der Waals surface area contributed by atoms with Crippen LogP contribution in [0.25, 0.3) is 112 Å². The molecule has 133 heavy (non-hydrogen) atoms. The zero-order valence-electron chi connectivity index (χ0n) is 72.5. The fraction of sp³-hybridized carbons (Fsp3) is 0.0159. The highest BCUT2D eigenvalue weighted by Crippen LogP contribution is 2.60. The maximum atomic E-state index is 15.8. The average Bonchev–Trinajstić information content (AvgIpc) is 1.52. The van der Waals surface area contributed by atoms with Crippen molar-refractivity contribution in [3.63, 3.8) is 0 Å². The number of hydrogen-bond donors (Lipinski definition) is 0. The highest BCUT2D eigenvalue weighted by molar-refractivity contribution is 7.22. The Bertz CT molecular complexity index is 7410. The molecule has 1 aliphatic heterocycles. The van der Waals surface area contributed by atoms with Crippen LogP contribution < -0.4 is 30.5 Å². The van der Waals surface area contributed by atoms with Gasteiger partial charge in [0.2, 0.25) is 0 Å². The van der Waals surface area contributed by atoms with E-state index in [9.17, 15) is 8.78 Å². The van der Waals surface area contributed by atoms with Crippen molar-refractivity contribution in [2.24, 2.45) is 0 Å². The summed E-state index contributed by atoms with van der Waals surface area (Å²) in [5.41, 5.74) is 32.6. The summed E-state index contributed by atoms with van der Waals surface area (Å²) in [5.74, 6) is -1.21. The second-order valence-corrected chi connectivity index (χ2v) is 38.5. The molecule has 3 aliphatic rings. The summed E-state index contributed by atoms with van der Waals surface area (Å²) in [5, 5.41) is 4.98. The molecular weight excluding hydrogens is 1650 g/mol. The third kappa shape index (κ3) is 13.7. The first-order chi connectivity index (χ1) is 65.4. The Morgan fingerprint density at radius 1 is 0.195 bits per heavy atom. The first-order valence-corrected chi connectivity index (χ1v) is 47.0. The molecule has 0 saturated carbocycles. The van der Waals surface area contributed by atoms with E-state index in [4.69, 9.17) is 0 Å². The lowest BCUT2D eigenvalue weighted by molar-refractivity contribution is 0.624.